The van der Waals surface area contributed by atoms with E-state index in [1.54, 1.807) is 0 Å². The van der Waals surface area contributed by atoms with Gasteiger partial charge in [0.15, 0.2) is 0 Å². The number of nitrogen functional groups attached to an aromatic ring is 1. The zero-order chi connectivity index (χ0) is 17.1. The van der Waals surface area contributed by atoms with Crippen LogP contribution in [0.1, 0.15) is 41.4 Å². The maximum atomic E-state index is 5.91. The summed E-state index contributed by atoms with van der Waals surface area (Å²) in [7, 11) is 2.05. The van der Waals surface area contributed by atoms with E-state index in [2.05, 4.69) is 32.0 Å². The van der Waals surface area contributed by atoms with Crippen LogP contribution in [0.15, 0.2) is 6.07 Å². The molecule has 0 bridgehead atoms. The highest BCUT2D eigenvalue weighted by molar-refractivity contribution is 5.43. The molecule has 3 rings (SSSR count). The average molecular weight is 330 g/mol. The second kappa shape index (κ2) is 7.17. The number of hydrogen-bond donors (Lipinski definition) is 2. The second-order valence-electron chi connectivity index (χ2n) is 6.51. The van der Waals surface area contributed by atoms with Crippen molar-refractivity contribution in [3.05, 3.63) is 28.7 Å². The van der Waals surface area contributed by atoms with Gasteiger partial charge in [0.05, 0.1) is 18.0 Å². The number of nitrogens with one attached hydrogen (secondary N) is 1. The van der Waals surface area contributed by atoms with E-state index < -0.39 is 0 Å². The summed E-state index contributed by atoms with van der Waals surface area (Å²) >= 11 is 0. The molecular weight excluding hydrogens is 304 g/mol. The van der Waals surface area contributed by atoms with Crippen molar-refractivity contribution in [3.63, 3.8) is 0 Å². The zero-order valence-electron chi connectivity index (χ0n) is 14.7. The zero-order valence-corrected chi connectivity index (χ0v) is 14.7. The van der Waals surface area contributed by atoms with Crippen LogP contribution in [0.3, 0.4) is 0 Å². The van der Waals surface area contributed by atoms with E-state index in [4.69, 9.17) is 10.5 Å². The Morgan fingerprint density at radius 2 is 2.21 bits per heavy atom. The summed E-state index contributed by atoms with van der Waals surface area (Å²) < 4.78 is 5.46. The monoisotopic (exact) mass is 330 g/mol. The van der Waals surface area contributed by atoms with Gasteiger partial charge in [-0.05, 0) is 38.7 Å². The van der Waals surface area contributed by atoms with Crippen LogP contribution in [0.25, 0.3) is 0 Å². The molecule has 1 fully saturated rings. The molecule has 0 unspecified atom stereocenters. The minimum atomic E-state index is 0.332. The average Bonchev–Trinajstić information content (AvgIpc) is 3.19. The van der Waals surface area contributed by atoms with Gasteiger partial charge in [-0.1, -0.05) is 0 Å². The highest BCUT2D eigenvalue weighted by Gasteiger charge is 2.21. The number of H-pyrrole nitrogens is 1. The molecule has 0 saturated carbocycles. The van der Waals surface area contributed by atoms with Gasteiger partial charge in [-0.3, -0.25) is 5.10 Å². The molecule has 0 aromatic carbocycles. The number of aromatic nitrogens is 4. The van der Waals surface area contributed by atoms with E-state index in [-0.39, 0.29) is 0 Å². The van der Waals surface area contributed by atoms with Crippen molar-refractivity contribution in [2.24, 2.45) is 0 Å². The van der Waals surface area contributed by atoms with Crippen molar-refractivity contribution in [1.29, 1.82) is 0 Å². The van der Waals surface area contributed by atoms with E-state index in [0.29, 0.717) is 11.9 Å². The van der Waals surface area contributed by atoms with Crippen LogP contribution in [0.2, 0.25) is 0 Å². The lowest BCUT2D eigenvalue weighted by Gasteiger charge is -2.20. The second-order valence-corrected chi connectivity index (χ2v) is 6.51. The van der Waals surface area contributed by atoms with Gasteiger partial charge < -0.3 is 15.4 Å². The van der Waals surface area contributed by atoms with Crippen LogP contribution in [-0.2, 0) is 11.2 Å². The van der Waals surface area contributed by atoms with Crippen molar-refractivity contribution in [3.8, 4) is 0 Å². The van der Waals surface area contributed by atoms with Gasteiger partial charge in [-0.15, -0.1) is 0 Å². The van der Waals surface area contributed by atoms with Crippen LogP contribution in [0.5, 0.6) is 0 Å². The summed E-state index contributed by atoms with van der Waals surface area (Å²) in [4.78, 5) is 10.9. The number of ether oxygens (including phenoxy) is 1. The third-order valence-corrected chi connectivity index (χ3v) is 4.69. The highest BCUT2D eigenvalue weighted by Crippen LogP contribution is 2.26. The first kappa shape index (κ1) is 16.7. The Morgan fingerprint density at radius 3 is 2.88 bits per heavy atom. The molecule has 1 aliphatic rings. The Balaban J connectivity index is 1.63. The third-order valence-electron chi connectivity index (χ3n) is 4.69. The fourth-order valence-electron chi connectivity index (χ4n) is 3.19. The van der Waals surface area contributed by atoms with Crippen LogP contribution in [0, 0.1) is 13.8 Å². The molecule has 2 aromatic rings. The summed E-state index contributed by atoms with van der Waals surface area (Å²) in [5, 5.41) is 7.29. The van der Waals surface area contributed by atoms with E-state index in [0.717, 1.165) is 61.9 Å². The van der Waals surface area contributed by atoms with E-state index in [1.165, 1.54) is 5.56 Å². The topological polar surface area (TPSA) is 93.0 Å². The molecule has 0 spiro atoms. The molecular formula is C17H26N6O. The molecule has 0 aliphatic carbocycles. The van der Waals surface area contributed by atoms with Crippen molar-refractivity contribution in [2.75, 3.05) is 37.4 Å². The fraction of sp³-hybridized carbons (Fsp3) is 0.588. The maximum absolute atomic E-state index is 5.91. The molecule has 1 aliphatic heterocycles. The van der Waals surface area contributed by atoms with Crippen LogP contribution in [-0.4, -0.2) is 47.0 Å². The summed E-state index contributed by atoms with van der Waals surface area (Å²) in [5.41, 5.74) is 10.5. The lowest BCUT2D eigenvalue weighted by atomic mass is 10.0. The molecule has 24 heavy (non-hydrogen) atoms. The van der Waals surface area contributed by atoms with Gasteiger partial charge in [0.2, 0.25) is 5.95 Å². The molecule has 130 valence electrons. The van der Waals surface area contributed by atoms with E-state index in [1.807, 2.05) is 20.0 Å². The molecule has 7 heteroatoms. The number of aromatic amines is 1. The largest absolute Gasteiger partial charge is 0.381 e. The van der Waals surface area contributed by atoms with Crippen molar-refractivity contribution >= 4 is 11.8 Å². The summed E-state index contributed by atoms with van der Waals surface area (Å²) in [5.74, 6) is 1.55. The van der Waals surface area contributed by atoms with Crippen molar-refractivity contribution in [2.45, 2.75) is 39.0 Å². The first-order chi connectivity index (χ1) is 11.5. The molecule has 1 saturated heterocycles. The Kier molecular flexibility index (Phi) is 4.99. The van der Waals surface area contributed by atoms with Crippen molar-refractivity contribution in [1.82, 2.24) is 20.2 Å². The molecule has 0 amide bonds. The van der Waals surface area contributed by atoms with Crippen LogP contribution in [0.4, 0.5) is 11.8 Å². The predicted octanol–water partition coefficient (Wildman–Crippen LogP) is 1.97. The minimum Gasteiger partial charge on any atom is -0.381 e. The Morgan fingerprint density at radius 1 is 1.38 bits per heavy atom. The standard InChI is InChI=1S/C17H26N6O/c1-11-14(12(2)22-21-11)5-4-7-23(3)16-9-15(19-17(18)20-16)13-6-8-24-10-13/h9,13H,4-8,10H2,1-3H3,(H,21,22)(H2,18,19,20)/t13-/m0/s1. The third kappa shape index (κ3) is 3.67. The molecule has 0 radical (unpaired) electrons. The minimum absolute atomic E-state index is 0.332. The smallest absolute Gasteiger partial charge is 0.222 e. The number of anilines is 2. The van der Waals surface area contributed by atoms with Crippen LogP contribution < -0.4 is 10.6 Å². The first-order valence-electron chi connectivity index (χ1n) is 8.48. The van der Waals surface area contributed by atoms with Gasteiger partial charge in [0.25, 0.3) is 0 Å². The summed E-state index contributed by atoms with van der Waals surface area (Å²) in [6.07, 6.45) is 3.03. The Bertz CT molecular complexity index is 673. The lowest BCUT2D eigenvalue weighted by Crippen LogP contribution is -2.22. The number of hydrogen-bond acceptors (Lipinski definition) is 6. The van der Waals surface area contributed by atoms with Crippen LogP contribution >= 0.6 is 0 Å². The molecule has 3 N–H and O–H groups in total. The number of nitrogens with two attached hydrogens (primary N) is 1. The summed E-state index contributed by atoms with van der Waals surface area (Å²) in [6, 6.07) is 2.05. The number of rotatable bonds is 6. The van der Waals surface area contributed by atoms with Gasteiger partial charge in [0.1, 0.15) is 5.82 Å². The number of nitrogens with zero attached hydrogens (tertiary/aromatic N) is 4. The first-order valence-corrected chi connectivity index (χ1v) is 8.48. The van der Waals surface area contributed by atoms with E-state index in [9.17, 15) is 0 Å². The molecule has 2 aromatic heterocycles. The van der Waals surface area contributed by atoms with Gasteiger partial charge >= 0.3 is 0 Å². The Hall–Kier alpha value is -2.15. The van der Waals surface area contributed by atoms with Gasteiger partial charge in [-0.2, -0.15) is 10.1 Å². The van der Waals surface area contributed by atoms with Crippen molar-refractivity contribution < 1.29 is 4.74 Å². The predicted molar refractivity (Wildman–Crippen MR) is 94.3 cm³/mol. The molecule has 7 nitrogen and oxygen atoms in total. The Labute approximate surface area is 142 Å². The SMILES string of the molecule is Cc1n[nH]c(C)c1CCCN(C)c1cc([C@H]2CCOC2)nc(N)n1. The maximum Gasteiger partial charge on any atom is 0.222 e. The fourth-order valence-corrected chi connectivity index (χ4v) is 3.19. The van der Waals surface area contributed by atoms with E-state index >= 15 is 0 Å². The molecule has 1 atom stereocenters. The quantitative estimate of drug-likeness (QED) is 0.841. The number of aryl methyl sites for hydroxylation is 2. The molecule has 3 heterocycles. The normalized spacial score (nSPS) is 17.4. The van der Waals surface area contributed by atoms with Gasteiger partial charge in [0, 0.05) is 37.9 Å². The lowest BCUT2D eigenvalue weighted by molar-refractivity contribution is 0.193. The van der Waals surface area contributed by atoms with Gasteiger partial charge in [-0.25, -0.2) is 4.98 Å². The highest BCUT2D eigenvalue weighted by atomic mass is 16.5. The summed E-state index contributed by atoms with van der Waals surface area (Å²) in [6.45, 7) is 6.53.